The average Bonchev–Trinajstić information content (AvgIpc) is 3.32. The lowest BCUT2D eigenvalue weighted by Gasteiger charge is -2.22. The van der Waals surface area contributed by atoms with E-state index in [0.29, 0.717) is 22.1 Å². The molecule has 1 aliphatic carbocycles. The first kappa shape index (κ1) is 19.6. The SMILES string of the molecule is O=C(CN(Cc1cccnc1)C(=O)c1cc2c(s1)CCC2)Nc1ccc(Cl)cc1. The van der Waals surface area contributed by atoms with Crippen LogP contribution in [0, 0.1) is 0 Å². The Hall–Kier alpha value is -2.70. The number of nitrogens with one attached hydrogen (secondary N) is 1. The van der Waals surface area contributed by atoms with E-state index in [9.17, 15) is 9.59 Å². The highest BCUT2D eigenvalue weighted by atomic mass is 35.5. The van der Waals surface area contributed by atoms with Crippen LogP contribution in [0.5, 0.6) is 0 Å². The Balaban J connectivity index is 1.51. The third kappa shape index (κ3) is 4.83. The molecule has 1 aromatic carbocycles. The number of carbonyl (C=O) groups excluding carboxylic acids is 2. The summed E-state index contributed by atoms with van der Waals surface area (Å²) in [7, 11) is 0. The molecule has 148 valence electrons. The number of rotatable bonds is 6. The van der Waals surface area contributed by atoms with Gasteiger partial charge in [0.1, 0.15) is 6.54 Å². The van der Waals surface area contributed by atoms with Crippen molar-refractivity contribution < 1.29 is 9.59 Å². The molecule has 2 heterocycles. The number of carbonyl (C=O) groups is 2. The summed E-state index contributed by atoms with van der Waals surface area (Å²) in [5, 5.41) is 3.43. The molecule has 0 fully saturated rings. The number of amides is 2. The number of aromatic nitrogens is 1. The molecule has 7 heteroatoms. The van der Waals surface area contributed by atoms with Crippen molar-refractivity contribution in [2.75, 3.05) is 11.9 Å². The maximum atomic E-state index is 13.2. The number of anilines is 1. The standard InChI is InChI=1S/C22H20ClN3O2S/c23-17-6-8-18(9-7-17)25-21(27)14-26(13-15-3-2-10-24-12-15)22(28)20-11-16-4-1-5-19(16)29-20/h2-3,6-12H,1,4-5,13-14H2,(H,25,27). The number of hydrogen-bond donors (Lipinski definition) is 1. The minimum Gasteiger partial charge on any atom is -0.325 e. The van der Waals surface area contributed by atoms with Crippen LogP contribution in [0.4, 0.5) is 5.69 Å². The number of benzene rings is 1. The van der Waals surface area contributed by atoms with Crippen LogP contribution in [0.15, 0.2) is 54.9 Å². The van der Waals surface area contributed by atoms with Gasteiger partial charge in [-0.05, 0) is 66.8 Å². The molecule has 0 atom stereocenters. The first-order valence-corrected chi connectivity index (χ1v) is 10.6. The number of nitrogens with zero attached hydrogens (tertiary/aromatic N) is 2. The molecule has 2 amide bonds. The van der Waals surface area contributed by atoms with Crippen molar-refractivity contribution in [3.05, 3.63) is 80.8 Å². The van der Waals surface area contributed by atoms with Gasteiger partial charge in [-0.1, -0.05) is 17.7 Å². The Kier molecular flexibility index (Phi) is 5.92. The maximum Gasteiger partial charge on any atom is 0.264 e. The van der Waals surface area contributed by atoms with Gasteiger partial charge in [-0.3, -0.25) is 14.6 Å². The highest BCUT2D eigenvalue weighted by Crippen LogP contribution is 2.31. The fourth-order valence-corrected chi connectivity index (χ4v) is 4.76. The van der Waals surface area contributed by atoms with Gasteiger partial charge in [-0.2, -0.15) is 0 Å². The quantitative estimate of drug-likeness (QED) is 0.629. The van der Waals surface area contributed by atoms with E-state index in [2.05, 4.69) is 10.3 Å². The summed E-state index contributed by atoms with van der Waals surface area (Å²) in [4.78, 5) is 33.5. The Morgan fingerprint density at radius 1 is 1.17 bits per heavy atom. The first-order chi connectivity index (χ1) is 14.1. The van der Waals surface area contributed by atoms with Crippen LogP contribution < -0.4 is 5.32 Å². The van der Waals surface area contributed by atoms with Crippen LogP contribution in [-0.4, -0.2) is 28.2 Å². The van der Waals surface area contributed by atoms with Gasteiger partial charge in [0.25, 0.3) is 5.91 Å². The topological polar surface area (TPSA) is 62.3 Å². The predicted molar refractivity (Wildman–Crippen MR) is 115 cm³/mol. The third-order valence-corrected chi connectivity index (χ3v) is 6.28. The minimum atomic E-state index is -0.256. The van der Waals surface area contributed by atoms with Crippen LogP contribution in [0.3, 0.4) is 0 Å². The Morgan fingerprint density at radius 3 is 2.72 bits per heavy atom. The summed E-state index contributed by atoms with van der Waals surface area (Å²) in [6, 6.07) is 12.6. The van der Waals surface area contributed by atoms with Crippen LogP contribution in [0.25, 0.3) is 0 Å². The molecule has 0 radical (unpaired) electrons. The molecule has 0 aliphatic heterocycles. The van der Waals surface area contributed by atoms with Gasteiger partial charge >= 0.3 is 0 Å². The largest absolute Gasteiger partial charge is 0.325 e. The van der Waals surface area contributed by atoms with Crippen molar-refractivity contribution in [1.29, 1.82) is 0 Å². The van der Waals surface area contributed by atoms with Gasteiger partial charge in [0.2, 0.25) is 5.91 Å². The predicted octanol–water partition coefficient (Wildman–Crippen LogP) is 4.57. The lowest BCUT2D eigenvalue weighted by atomic mass is 10.2. The molecular formula is C22H20ClN3O2S. The zero-order valence-corrected chi connectivity index (χ0v) is 17.3. The van der Waals surface area contributed by atoms with Crippen LogP contribution in [0.1, 0.15) is 32.1 Å². The number of thiophene rings is 1. The molecule has 0 saturated carbocycles. The van der Waals surface area contributed by atoms with E-state index in [1.165, 1.54) is 10.4 Å². The molecule has 0 saturated heterocycles. The number of fused-ring (bicyclic) bond motifs is 1. The molecule has 3 aromatic rings. The molecule has 2 aromatic heterocycles. The normalized spacial score (nSPS) is 12.4. The van der Waals surface area contributed by atoms with E-state index in [1.54, 1.807) is 52.9 Å². The molecule has 1 N–H and O–H groups in total. The van der Waals surface area contributed by atoms with Crippen molar-refractivity contribution in [2.45, 2.75) is 25.8 Å². The van der Waals surface area contributed by atoms with Crippen molar-refractivity contribution >= 4 is 40.4 Å². The lowest BCUT2D eigenvalue weighted by molar-refractivity contribution is -0.117. The molecule has 4 rings (SSSR count). The monoisotopic (exact) mass is 425 g/mol. The van der Waals surface area contributed by atoms with E-state index in [0.717, 1.165) is 24.8 Å². The van der Waals surface area contributed by atoms with E-state index in [4.69, 9.17) is 11.6 Å². The molecular weight excluding hydrogens is 406 g/mol. The minimum absolute atomic E-state index is 0.0427. The molecule has 5 nitrogen and oxygen atoms in total. The first-order valence-electron chi connectivity index (χ1n) is 9.43. The smallest absolute Gasteiger partial charge is 0.264 e. The number of hydrogen-bond acceptors (Lipinski definition) is 4. The number of halogens is 1. The Bertz CT molecular complexity index is 997. The number of pyridine rings is 1. The van der Waals surface area contributed by atoms with E-state index in [1.807, 2.05) is 18.2 Å². The van der Waals surface area contributed by atoms with Crippen molar-refractivity contribution in [2.24, 2.45) is 0 Å². The van der Waals surface area contributed by atoms with Gasteiger partial charge in [0.15, 0.2) is 0 Å². The van der Waals surface area contributed by atoms with Crippen LogP contribution in [0.2, 0.25) is 5.02 Å². The Morgan fingerprint density at radius 2 is 2.00 bits per heavy atom. The third-order valence-electron chi connectivity index (χ3n) is 4.80. The van der Waals surface area contributed by atoms with E-state index in [-0.39, 0.29) is 18.4 Å². The van der Waals surface area contributed by atoms with Gasteiger partial charge in [0.05, 0.1) is 4.88 Å². The zero-order chi connectivity index (χ0) is 20.2. The lowest BCUT2D eigenvalue weighted by Crippen LogP contribution is -2.37. The number of aryl methyl sites for hydroxylation is 2. The van der Waals surface area contributed by atoms with Gasteiger partial charge < -0.3 is 10.2 Å². The average molecular weight is 426 g/mol. The summed E-state index contributed by atoms with van der Waals surface area (Å²) in [5.74, 6) is -0.381. The van der Waals surface area contributed by atoms with Gasteiger partial charge in [-0.25, -0.2) is 0 Å². The van der Waals surface area contributed by atoms with Crippen LogP contribution in [-0.2, 0) is 24.2 Å². The second-order valence-electron chi connectivity index (χ2n) is 6.99. The van der Waals surface area contributed by atoms with Crippen molar-refractivity contribution in [3.63, 3.8) is 0 Å². The van der Waals surface area contributed by atoms with Gasteiger partial charge in [0, 0.05) is 34.5 Å². The second-order valence-corrected chi connectivity index (χ2v) is 8.56. The van der Waals surface area contributed by atoms with Gasteiger partial charge in [-0.15, -0.1) is 11.3 Å². The summed E-state index contributed by atoms with van der Waals surface area (Å²) in [6.07, 6.45) is 6.61. The summed E-state index contributed by atoms with van der Waals surface area (Å²) in [6.45, 7) is 0.280. The Labute approximate surface area is 178 Å². The summed E-state index contributed by atoms with van der Waals surface area (Å²) < 4.78 is 0. The molecule has 1 aliphatic rings. The van der Waals surface area contributed by atoms with Crippen molar-refractivity contribution in [3.8, 4) is 0 Å². The second kappa shape index (κ2) is 8.76. The molecule has 29 heavy (non-hydrogen) atoms. The molecule has 0 bridgehead atoms. The summed E-state index contributed by atoms with van der Waals surface area (Å²) in [5.41, 5.74) is 2.79. The van der Waals surface area contributed by atoms with Crippen molar-refractivity contribution in [1.82, 2.24) is 9.88 Å². The van der Waals surface area contributed by atoms with Crippen LogP contribution >= 0.6 is 22.9 Å². The van der Waals surface area contributed by atoms with E-state index < -0.39 is 0 Å². The highest BCUT2D eigenvalue weighted by Gasteiger charge is 2.24. The van der Waals surface area contributed by atoms with E-state index >= 15 is 0 Å². The maximum absolute atomic E-state index is 13.2. The molecule has 0 spiro atoms. The fourth-order valence-electron chi connectivity index (χ4n) is 3.41. The molecule has 0 unspecified atom stereocenters. The highest BCUT2D eigenvalue weighted by molar-refractivity contribution is 7.14. The zero-order valence-electron chi connectivity index (χ0n) is 15.7. The summed E-state index contributed by atoms with van der Waals surface area (Å²) >= 11 is 7.44. The fraction of sp³-hybridized carbons (Fsp3) is 0.227.